The quantitative estimate of drug-likeness (QED) is 0.146. The van der Waals surface area contributed by atoms with Gasteiger partial charge in [-0.15, -0.1) is 0 Å². The number of cyclic esters (lactones) is 1. The van der Waals surface area contributed by atoms with Gasteiger partial charge in [-0.1, -0.05) is 53.2 Å². The zero-order valence-corrected chi connectivity index (χ0v) is 37.3. The molecule has 2 saturated heterocycles. The first-order valence-corrected chi connectivity index (χ1v) is 22.4. The standard InChI is InChI=1S/C46H75FN2O10/c1-10-14-33-23-28(4)40(47)29(5)24-38(55-8)42-39(56-9)25-31(7)46(54,59-42)43(51)44(52)49-20-13-12-15-35(49)45(53)58-41(27(3)16-19-36(33)50)30(6)22-32-17-18-34(48)37(26-32)57-21-11-2/h22-23,27,29,31-35,37-42,54H,10-21,24-26,48H2,1-9H3. The molecular weight excluding hydrogens is 760 g/mol. The number of aliphatic hydroxyl groups is 1. The molecule has 14 atom stereocenters. The number of carbonyl (C=O) groups excluding carboxylic acids is 4. The van der Waals surface area contributed by atoms with Crippen LogP contribution in [0.5, 0.6) is 0 Å². The number of halogens is 1. The molecule has 59 heavy (non-hydrogen) atoms. The molecule has 0 radical (unpaired) electrons. The second-order valence-electron chi connectivity index (χ2n) is 18.1. The van der Waals surface area contributed by atoms with Crippen molar-refractivity contribution in [2.75, 3.05) is 27.4 Å². The first kappa shape index (κ1) is 49.1. The number of rotatable bonds is 9. The first-order valence-electron chi connectivity index (χ1n) is 22.4. The van der Waals surface area contributed by atoms with Gasteiger partial charge in [0.1, 0.15) is 30.2 Å². The lowest BCUT2D eigenvalue weighted by Crippen LogP contribution is -2.64. The zero-order chi connectivity index (χ0) is 43.6. The Morgan fingerprint density at radius 1 is 0.966 bits per heavy atom. The molecule has 1 aliphatic carbocycles. The number of fused-ring (bicyclic) bond motifs is 3. The SMILES string of the molecule is CCCOC1CC(C=C(C)C2OC(=O)C3CCCCN3C(=O)C(=O)C3(O)OC(C(OC)CC(C)C(F)C(C)=CC(CCC)C(=O)CCC2C)C(OC)CC3C)CCC1N. The van der Waals surface area contributed by atoms with E-state index in [9.17, 15) is 24.3 Å². The largest absolute Gasteiger partial charge is 0.456 e. The molecular formula is C46H75FN2O10. The molecule has 336 valence electrons. The highest BCUT2D eigenvalue weighted by atomic mass is 19.1. The van der Waals surface area contributed by atoms with Crippen LogP contribution in [0, 0.1) is 29.6 Å². The van der Waals surface area contributed by atoms with E-state index < -0.39 is 77.8 Å². The van der Waals surface area contributed by atoms with Crippen LogP contribution >= 0.6 is 0 Å². The third-order valence-electron chi connectivity index (χ3n) is 13.5. The van der Waals surface area contributed by atoms with Crippen molar-refractivity contribution >= 4 is 23.4 Å². The Balaban J connectivity index is 1.76. The number of piperidine rings is 1. The van der Waals surface area contributed by atoms with E-state index in [1.54, 1.807) is 26.8 Å². The number of hydrogen-bond donors (Lipinski definition) is 2. The molecule has 12 nitrogen and oxygen atoms in total. The molecule has 14 unspecified atom stereocenters. The number of Topliss-reactive ketones (excluding diaryl/α,β-unsaturated/α-hetero) is 2. The van der Waals surface area contributed by atoms with Crippen LogP contribution in [-0.2, 0) is 42.9 Å². The van der Waals surface area contributed by atoms with Gasteiger partial charge in [-0.25, -0.2) is 9.18 Å². The van der Waals surface area contributed by atoms with Gasteiger partial charge in [-0.2, -0.15) is 0 Å². The number of hydrogen-bond acceptors (Lipinski definition) is 11. The van der Waals surface area contributed by atoms with Crippen LogP contribution in [0.1, 0.15) is 132 Å². The molecule has 1 amide bonds. The number of ether oxygens (including phenoxy) is 5. The van der Waals surface area contributed by atoms with E-state index >= 15 is 4.39 Å². The van der Waals surface area contributed by atoms with Crippen molar-refractivity contribution in [3.63, 3.8) is 0 Å². The Morgan fingerprint density at radius 2 is 1.66 bits per heavy atom. The monoisotopic (exact) mass is 835 g/mol. The van der Waals surface area contributed by atoms with Gasteiger partial charge >= 0.3 is 5.97 Å². The number of ketones is 2. The average Bonchev–Trinajstić information content (AvgIpc) is 3.22. The Morgan fingerprint density at radius 3 is 2.32 bits per heavy atom. The van der Waals surface area contributed by atoms with Gasteiger partial charge in [0, 0.05) is 51.7 Å². The highest BCUT2D eigenvalue weighted by Crippen LogP contribution is 2.39. The van der Waals surface area contributed by atoms with Gasteiger partial charge in [0.05, 0.1) is 18.3 Å². The normalized spacial score (nSPS) is 39.2. The highest BCUT2D eigenvalue weighted by Gasteiger charge is 2.56. The lowest BCUT2D eigenvalue weighted by molar-refractivity contribution is -0.302. The summed E-state index contributed by atoms with van der Waals surface area (Å²) < 4.78 is 46.6. The fourth-order valence-electron chi connectivity index (χ4n) is 9.76. The van der Waals surface area contributed by atoms with Crippen molar-refractivity contribution in [3.05, 3.63) is 23.3 Å². The summed E-state index contributed by atoms with van der Waals surface area (Å²) in [6.45, 7) is 13.8. The van der Waals surface area contributed by atoms with Crippen LogP contribution in [-0.4, -0.2) is 115 Å². The minimum atomic E-state index is -2.56. The Labute approximate surface area is 352 Å². The smallest absolute Gasteiger partial charge is 0.329 e. The van der Waals surface area contributed by atoms with Gasteiger partial charge < -0.3 is 39.4 Å². The van der Waals surface area contributed by atoms with E-state index in [1.807, 2.05) is 20.8 Å². The topological polar surface area (TPSA) is 164 Å². The number of nitrogens with zero attached hydrogens (tertiary/aromatic N) is 1. The van der Waals surface area contributed by atoms with Crippen molar-refractivity contribution in [1.82, 2.24) is 4.90 Å². The molecule has 3 aliphatic heterocycles. The van der Waals surface area contributed by atoms with Crippen LogP contribution < -0.4 is 5.73 Å². The molecule has 13 heteroatoms. The van der Waals surface area contributed by atoms with Crippen LogP contribution in [0.4, 0.5) is 4.39 Å². The highest BCUT2D eigenvalue weighted by molar-refractivity contribution is 6.39. The van der Waals surface area contributed by atoms with Crippen LogP contribution in [0.3, 0.4) is 0 Å². The van der Waals surface area contributed by atoms with Crippen molar-refractivity contribution in [2.24, 2.45) is 35.3 Å². The maximum absolute atomic E-state index is 16.3. The fourth-order valence-corrected chi connectivity index (χ4v) is 9.76. The van der Waals surface area contributed by atoms with E-state index in [-0.39, 0.29) is 62.0 Å². The number of allylic oxidation sites excluding steroid dienone is 3. The number of carbonyl (C=O) groups is 4. The summed E-state index contributed by atoms with van der Waals surface area (Å²) in [4.78, 5) is 58.1. The Bertz CT molecular complexity index is 1490. The van der Waals surface area contributed by atoms with Gasteiger partial charge in [-0.3, -0.25) is 14.4 Å². The summed E-state index contributed by atoms with van der Waals surface area (Å²) in [5.41, 5.74) is 7.71. The number of nitrogens with two attached hydrogens (primary N) is 1. The van der Waals surface area contributed by atoms with E-state index in [4.69, 9.17) is 29.4 Å². The second kappa shape index (κ2) is 22.5. The lowest BCUT2D eigenvalue weighted by Gasteiger charge is -2.47. The zero-order valence-electron chi connectivity index (χ0n) is 37.3. The second-order valence-corrected chi connectivity index (χ2v) is 18.1. The molecule has 0 aromatic rings. The summed E-state index contributed by atoms with van der Waals surface area (Å²) in [5.74, 6) is -7.53. The number of methoxy groups -OCH3 is 2. The number of esters is 1. The van der Waals surface area contributed by atoms with Crippen LogP contribution in [0.25, 0.3) is 0 Å². The van der Waals surface area contributed by atoms with Gasteiger partial charge in [0.2, 0.25) is 5.79 Å². The van der Waals surface area contributed by atoms with Gasteiger partial charge in [0.15, 0.2) is 0 Å². The fraction of sp³-hybridized carbons (Fsp3) is 0.826. The third kappa shape index (κ3) is 12.1. The molecule has 2 bridgehead atoms. The summed E-state index contributed by atoms with van der Waals surface area (Å²) in [7, 11) is 2.94. The van der Waals surface area contributed by atoms with Gasteiger partial charge in [-0.05, 0) is 113 Å². The molecule has 3 N–H and O–H groups in total. The minimum Gasteiger partial charge on any atom is -0.456 e. The molecule has 0 aromatic heterocycles. The van der Waals surface area contributed by atoms with Gasteiger partial charge in [0.25, 0.3) is 11.7 Å². The molecule has 0 spiro atoms. The summed E-state index contributed by atoms with van der Waals surface area (Å²) in [6, 6.07) is -1.13. The molecule has 3 heterocycles. The average molecular weight is 835 g/mol. The van der Waals surface area contributed by atoms with Crippen molar-refractivity contribution < 1.29 is 52.4 Å². The van der Waals surface area contributed by atoms with E-state index in [0.29, 0.717) is 37.9 Å². The Hall–Kier alpha value is -2.55. The Kier molecular flexibility index (Phi) is 18.7. The minimum absolute atomic E-state index is 0.00281. The molecule has 4 aliphatic rings. The summed E-state index contributed by atoms with van der Waals surface area (Å²) in [6.07, 6.45) is 6.11. The molecule has 3 fully saturated rings. The number of alkyl halides is 1. The molecule has 0 aromatic carbocycles. The first-order chi connectivity index (χ1) is 28.0. The van der Waals surface area contributed by atoms with E-state index in [1.165, 1.54) is 19.1 Å². The molecule has 4 rings (SSSR count). The predicted molar refractivity (Wildman–Crippen MR) is 223 cm³/mol. The number of amides is 1. The van der Waals surface area contributed by atoms with E-state index in [2.05, 4.69) is 13.0 Å². The van der Waals surface area contributed by atoms with Crippen molar-refractivity contribution in [2.45, 2.75) is 186 Å². The maximum Gasteiger partial charge on any atom is 0.329 e. The predicted octanol–water partition coefficient (Wildman–Crippen LogP) is 6.59. The van der Waals surface area contributed by atoms with Crippen molar-refractivity contribution in [1.29, 1.82) is 0 Å². The maximum atomic E-state index is 16.3. The van der Waals surface area contributed by atoms with E-state index in [0.717, 1.165) is 37.7 Å². The third-order valence-corrected chi connectivity index (χ3v) is 13.5. The van der Waals surface area contributed by atoms with Crippen LogP contribution in [0.15, 0.2) is 23.3 Å². The van der Waals surface area contributed by atoms with Crippen molar-refractivity contribution in [3.8, 4) is 0 Å². The van der Waals surface area contributed by atoms with Crippen LogP contribution in [0.2, 0.25) is 0 Å². The lowest BCUT2D eigenvalue weighted by atomic mass is 9.81. The summed E-state index contributed by atoms with van der Waals surface area (Å²) >= 11 is 0. The molecule has 1 saturated carbocycles. The summed E-state index contributed by atoms with van der Waals surface area (Å²) in [5, 5.41) is 12.1.